The highest BCUT2D eigenvalue weighted by Crippen LogP contribution is 2.22. The molecule has 3 rings (SSSR count). The van der Waals surface area contributed by atoms with E-state index >= 15 is 0 Å². The van der Waals surface area contributed by atoms with Gasteiger partial charge in [0.05, 0.1) is 12.2 Å². The maximum Gasteiger partial charge on any atom is 0.325 e. The lowest BCUT2D eigenvalue weighted by Gasteiger charge is -2.04. The van der Waals surface area contributed by atoms with Gasteiger partial charge in [-0.2, -0.15) is 0 Å². The van der Waals surface area contributed by atoms with Gasteiger partial charge in [-0.3, -0.25) is 4.79 Å². The quantitative estimate of drug-likeness (QED) is 0.642. The Kier molecular flexibility index (Phi) is 4.22. The minimum absolute atomic E-state index is 0.143. The van der Waals surface area contributed by atoms with Gasteiger partial charge in [-0.15, -0.1) is 0 Å². The molecule has 1 aliphatic rings. The molecule has 1 fully saturated rings. The summed E-state index contributed by atoms with van der Waals surface area (Å²) in [5, 5.41) is 0.830. The van der Waals surface area contributed by atoms with Gasteiger partial charge < -0.3 is 9.30 Å². The molecule has 1 aromatic carbocycles. The summed E-state index contributed by atoms with van der Waals surface area (Å²) < 4.78 is 22.7. The zero-order valence-electron chi connectivity index (χ0n) is 12.7. The largest absolute Gasteiger partial charge is 0.465 e. The van der Waals surface area contributed by atoms with Gasteiger partial charge in [0, 0.05) is 29.9 Å². The van der Waals surface area contributed by atoms with Crippen molar-refractivity contribution in [3.63, 3.8) is 0 Å². The molecule has 0 N–H and O–H groups in total. The first-order chi connectivity index (χ1) is 10.7. The number of nitrogens with zero attached hydrogens (tertiary/aromatic N) is 2. The van der Waals surface area contributed by atoms with E-state index in [0.717, 1.165) is 29.6 Å². The first kappa shape index (κ1) is 14.8. The van der Waals surface area contributed by atoms with Crippen LogP contribution in [0.25, 0.3) is 10.9 Å². The molecule has 0 spiro atoms. The summed E-state index contributed by atoms with van der Waals surface area (Å²) in [6, 6.07) is 4.66. The molecular weight excluding hydrogens is 283 g/mol. The van der Waals surface area contributed by atoms with Crippen molar-refractivity contribution >= 4 is 23.1 Å². The number of carbonyl (C=O) groups is 1. The van der Waals surface area contributed by atoms with Crippen molar-refractivity contribution in [2.45, 2.75) is 26.3 Å². The number of esters is 1. The maximum atomic E-state index is 13.6. The molecule has 1 aliphatic heterocycles. The molecule has 0 radical (unpaired) electrons. The minimum atomic E-state index is -0.281. The van der Waals surface area contributed by atoms with Crippen molar-refractivity contribution in [3.05, 3.63) is 35.8 Å². The molecule has 116 valence electrons. The summed E-state index contributed by atoms with van der Waals surface area (Å²) in [6.07, 6.45) is 6.34. The highest BCUT2D eigenvalue weighted by atomic mass is 19.1. The Morgan fingerprint density at radius 2 is 2.18 bits per heavy atom. The van der Waals surface area contributed by atoms with Crippen LogP contribution in [0, 0.1) is 5.82 Å². The molecule has 22 heavy (non-hydrogen) atoms. The molecular formula is C17H20FN2O2+. The molecule has 1 saturated heterocycles. The Hall–Kier alpha value is -2.17. The first-order valence-corrected chi connectivity index (χ1v) is 7.70. The highest BCUT2D eigenvalue weighted by Gasteiger charge is 2.17. The Morgan fingerprint density at radius 1 is 1.41 bits per heavy atom. The predicted molar refractivity (Wildman–Crippen MR) is 82.9 cm³/mol. The number of ether oxygens (including phenoxy) is 1. The van der Waals surface area contributed by atoms with Gasteiger partial charge in [-0.1, -0.05) is 0 Å². The van der Waals surface area contributed by atoms with E-state index in [1.54, 1.807) is 13.0 Å². The van der Waals surface area contributed by atoms with Crippen LogP contribution in [0.1, 0.15) is 25.3 Å². The van der Waals surface area contributed by atoms with Crippen LogP contribution in [0.4, 0.5) is 4.39 Å². The van der Waals surface area contributed by atoms with Crippen molar-refractivity contribution < 1.29 is 18.5 Å². The number of rotatable bonds is 4. The van der Waals surface area contributed by atoms with Gasteiger partial charge in [0.2, 0.25) is 0 Å². The molecule has 2 aromatic rings. The van der Waals surface area contributed by atoms with Crippen molar-refractivity contribution in [1.29, 1.82) is 0 Å². The summed E-state index contributed by atoms with van der Waals surface area (Å²) in [5.41, 5.74) is 1.79. The summed E-state index contributed by atoms with van der Waals surface area (Å²) in [5.74, 6) is -0.547. The third kappa shape index (κ3) is 3.03. The first-order valence-electron chi connectivity index (χ1n) is 7.70. The molecule has 4 nitrogen and oxygen atoms in total. The van der Waals surface area contributed by atoms with Crippen LogP contribution in [0.3, 0.4) is 0 Å². The van der Waals surface area contributed by atoms with Crippen LogP contribution in [-0.4, -0.2) is 41.0 Å². The number of hydrogen-bond acceptors (Lipinski definition) is 2. The van der Waals surface area contributed by atoms with Gasteiger partial charge in [0.25, 0.3) is 0 Å². The Bertz CT molecular complexity index is 726. The van der Waals surface area contributed by atoms with E-state index in [4.69, 9.17) is 4.74 Å². The molecule has 0 atom stereocenters. The molecule has 2 heterocycles. The maximum absolute atomic E-state index is 13.6. The van der Waals surface area contributed by atoms with Crippen LogP contribution >= 0.6 is 0 Å². The van der Waals surface area contributed by atoms with Crippen LogP contribution < -0.4 is 0 Å². The average molecular weight is 303 g/mol. The van der Waals surface area contributed by atoms with E-state index in [-0.39, 0.29) is 18.3 Å². The summed E-state index contributed by atoms with van der Waals surface area (Å²) >= 11 is 0. The van der Waals surface area contributed by atoms with E-state index in [1.165, 1.54) is 25.0 Å². The van der Waals surface area contributed by atoms with E-state index in [0.29, 0.717) is 6.61 Å². The number of fused-ring (bicyclic) bond motifs is 1. The summed E-state index contributed by atoms with van der Waals surface area (Å²) in [7, 11) is 0. The van der Waals surface area contributed by atoms with Crippen LogP contribution in [0.15, 0.2) is 24.4 Å². The predicted octanol–water partition coefficient (Wildman–Crippen LogP) is 2.57. The van der Waals surface area contributed by atoms with Crippen LogP contribution in [0.2, 0.25) is 0 Å². The molecule has 0 bridgehead atoms. The number of carbonyl (C=O) groups excluding carboxylic acids is 1. The second-order valence-electron chi connectivity index (χ2n) is 5.55. The third-order valence-electron chi connectivity index (χ3n) is 3.94. The zero-order chi connectivity index (χ0) is 15.5. The summed E-state index contributed by atoms with van der Waals surface area (Å²) in [4.78, 5) is 11.7. The average Bonchev–Trinajstić information content (AvgIpc) is 3.09. The lowest BCUT2D eigenvalue weighted by atomic mass is 10.2. The van der Waals surface area contributed by atoms with Gasteiger partial charge in [-0.25, -0.2) is 8.97 Å². The lowest BCUT2D eigenvalue weighted by Crippen LogP contribution is -2.12. The molecule has 1 aromatic heterocycles. The van der Waals surface area contributed by atoms with Gasteiger partial charge >= 0.3 is 5.97 Å². The third-order valence-corrected chi connectivity index (χ3v) is 3.94. The number of hydrogen-bond donors (Lipinski definition) is 0. The SMILES string of the molecule is CCOC(=O)Cn1cc(C=[N+]2CCCC2)c2cc(F)ccc21. The van der Waals surface area contributed by atoms with Gasteiger partial charge in [0.1, 0.15) is 25.5 Å². The summed E-state index contributed by atoms with van der Waals surface area (Å²) in [6.45, 7) is 4.34. The molecule has 5 heteroatoms. The molecule has 0 aliphatic carbocycles. The minimum Gasteiger partial charge on any atom is -0.465 e. The van der Waals surface area contributed by atoms with E-state index in [2.05, 4.69) is 10.8 Å². The van der Waals surface area contributed by atoms with E-state index in [9.17, 15) is 9.18 Å². The van der Waals surface area contributed by atoms with Crippen molar-refractivity contribution in [2.24, 2.45) is 0 Å². The smallest absolute Gasteiger partial charge is 0.325 e. The van der Waals surface area contributed by atoms with Crippen LogP contribution in [0.5, 0.6) is 0 Å². The van der Waals surface area contributed by atoms with E-state index in [1.807, 2.05) is 10.8 Å². The molecule has 0 amide bonds. The van der Waals surface area contributed by atoms with Crippen molar-refractivity contribution in [2.75, 3.05) is 19.7 Å². The topological polar surface area (TPSA) is 34.2 Å². The normalized spacial score (nSPS) is 14.5. The fraction of sp³-hybridized carbons (Fsp3) is 0.412. The van der Waals surface area contributed by atoms with Gasteiger partial charge in [0.15, 0.2) is 6.21 Å². The molecule has 0 saturated carbocycles. The van der Waals surface area contributed by atoms with Crippen LogP contribution in [-0.2, 0) is 16.1 Å². The zero-order valence-corrected chi connectivity index (χ0v) is 12.7. The number of benzene rings is 1. The second-order valence-corrected chi connectivity index (χ2v) is 5.55. The van der Waals surface area contributed by atoms with Gasteiger partial charge in [-0.05, 0) is 25.1 Å². The Labute approximate surface area is 128 Å². The fourth-order valence-corrected chi connectivity index (χ4v) is 2.94. The standard InChI is InChI=1S/C17H20FN2O2/c1-2-22-17(21)12-20-11-13(10-19-7-3-4-8-19)15-9-14(18)5-6-16(15)20/h5-6,9-11H,2-4,7-8,12H2,1H3/q+1. The second kappa shape index (κ2) is 6.30. The number of aromatic nitrogens is 1. The Balaban J connectivity index is 2.02. The monoisotopic (exact) mass is 303 g/mol. The van der Waals surface area contributed by atoms with Crippen molar-refractivity contribution in [1.82, 2.24) is 4.57 Å². The van der Waals surface area contributed by atoms with E-state index < -0.39 is 0 Å². The highest BCUT2D eigenvalue weighted by molar-refractivity contribution is 5.98. The molecule has 0 unspecified atom stereocenters. The number of halogens is 1. The lowest BCUT2D eigenvalue weighted by molar-refractivity contribution is -0.500. The van der Waals surface area contributed by atoms with Crippen molar-refractivity contribution in [3.8, 4) is 0 Å². The fourth-order valence-electron chi connectivity index (χ4n) is 2.94. The Morgan fingerprint density at radius 3 is 2.91 bits per heavy atom.